The molecule has 2 aliphatic heterocycles. The van der Waals surface area contributed by atoms with Crippen molar-refractivity contribution < 1.29 is 19.1 Å². The summed E-state index contributed by atoms with van der Waals surface area (Å²) in [4.78, 5) is 22.2. The summed E-state index contributed by atoms with van der Waals surface area (Å²) in [6, 6.07) is 0.549. The molecule has 0 aromatic heterocycles. The van der Waals surface area contributed by atoms with Crippen LogP contribution in [0.25, 0.3) is 0 Å². The van der Waals surface area contributed by atoms with Gasteiger partial charge in [-0.1, -0.05) is 0 Å². The molecule has 0 unspecified atom stereocenters. The Labute approximate surface area is 157 Å². The maximum absolute atomic E-state index is 11.1. The summed E-state index contributed by atoms with van der Waals surface area (Å²) in [5.74, 6) is -0.0306. The van der Waals surface area contributed by atoms with Crippen LogP contribution in [0.4, 0.5) is 0 Å². The van der Waals surface area contributed by atoms with Crippen LogP contribution in [0.5, 0.6) is 0 Å². The fourth-order valence-electron chi connectivity index (χ4n) is 3.03. The molecule has 2 saturated heterocycles. The van der Waals surface area contributed by atoms with Crippen molar-refractivity contribution in [2.45, 2.75) is 51.6 Å². The van der Waals surface area contributed by atoms with E-state index >= 15 is 0 Å². The van der Waals surface area contributed by atoms with E-state index in [9.17, 15) is 9.59 Å². The number of hydrogen-bond acceptors (Lipinski definition) is 6. The highest BCUT2D eigenvalue weighted by atomic mass is 35.5. The first-order valence-electron chi connectivity index (χ1n) is 8.13. The Kier molecular flexibility index (Phi) is 14.7. The van der Waals surface area contributed by atoms with Crippen LogP contribution in [-0.4, -0.2) is 51.3 Å². The van der Waals surface area contributed by atoms with Gasteiger partial charge in [0.15, 0.2) is 0 Å². The Bertz CT molecular complexity index is 338. The zero-order valence-electron chi connectivity index (χ0n) is 15.0. The number of carbonyl (C=O) groups excluding carboxylic acids is 2. The summed E-state index contributed by atoms with van der Waals surface area (Å²) in [5, 5.41) is 6.49. The second kappa shape index (κ2) is 13.7. The Balaban J connectivity index is 0. The summed E-state index contributed by atoms with van der Waals surface area (Å²) >= 11 is 0. The molecule has 0 saturated carbocycles. The van der Waals surface area contributed by atoms with Gasteiger partial charge in [-0.15, -0.1) is 24.8 Å². The predicted molar refractivity (Wildman–Crippen MR) is 98.9 cm³/mol. The van der Waals surface area contributed by atoms with Crippen LogP contribution in [-0.2, 0) is 19.1 Å². The summed E-state index contributed by atoms with van der Waals surface area (Å²) in [7, 11) is 2.90. The molecule has 0 amide bonds. The molecule has 2 rings (SSSR count). The summed E-state index contributed by atoms with van der Waals surface area (Å²) in [6.45, 7) is 6.10. The summed E-state index contributed by atoms with van der Waals surface area (Å²) in [5.41, 5.74) is 0. The molecule has 0 radical (unpaired) electrons. The lowest BCUT2D eigenvalue weighted by atomic mass is 9.92. The molecule has 4 atom stereocenters. The maximum Gasteiger partial charge on any atom is 0.310 e. The zero-order chi connectivity index (χ0) is 16.5. The van der Waals surface area contributed by atoms with Crippen molar-refractivity contribution in [2.75, 3.05) is 27.3 Å². The van der Waals surface area contributed by atoms with Crippen LogP contribution in [0, 0.1) is 11.8 Å². The molecule has 0 aromatic rings. The average molecular weight is 387 g/mol. The first-order chi connectivity index (χ1) is 10.5. The van der Waals surface area contributed by atoms with Gasteiger partial charge in [0.2, 0.25) is 0 Å². The van der Waals surface area contributed by atoms with Gasteiger partial charge in [0.1, 0.15) is 0 Å². The third kappa shape index (κ3) is 8.01. The SMILES string of the molecule is COC(=O)[C@@H]1CCCN[C@@H]1C.COC(=O)[C@H]1CCCN[C@H]1C.Cl.Cl. The number of halogens is 2. The van der Waals surface area contributed by atoms with Crippen molar-refractivity contribution >= 4 is 36.8 Å². The second-order valence-electron chi connectivity index (χ2n) is 6.03. The highest BCUT2D eigenvalue weighted by molar-refractivity contribution is 5.85. The number of carbonyl (C=O) groups is 2. The summed E-state index contributed by atoms with van der Waals surface area (Å²) in [6.07, 6.45) is 4.07. The molecule has 24 heavy (non-hydrogen) atoms. The van der Waals surface area contributed by atoms with Gasteiger partial charge >= 0.3 is 11.9 Å². The van der Waals surface area contributed by atoms with Gasteiger partial charge in [0.25, 0.3) is 0 Å². The molecule has 0 bridgehead atoms. The number of nitrogens with one attached hydrogen (secondary N) is 2. The molecule has 144 valence electrons. The van der Waals surface area contributed by atoms with Crippen LogP contribution < -0.4 is 10.6 Å². The van der Waals surface area contributed by atoms with E-state index in [1.165, 1.54) is 14.2 Å². The number of piperidine rings is 2. The molecule has 2 heterocycles. The number of esters is 2. The average Bonchev–Trinajstić information content (AvgIpc) is 2.55. The highest BCUT2D eigenvalue weighted by Crippen LogP contribution is 2.17. The molecule has 0 aromatic carbocycles. The quantitative estimate of drug-likeness (QED) is 0.706. The first-order valence-corrected chi connectivity index (χ1v) is 8.13. The molecule has 8 heteroatoms. The molecular formula is C16H32Cl2N2O4. The maximum atomic E-state index is 11.1. The molecular weight excluding hydrogens is 355 g/mol. The largest absolute Gasteiger partial charge is 0.469 e. The van der Waals surface area contributed by atoms with Gasteiger partial charge in [-0.3, -0.25) is 9.59 Å². The van der Waals surface area contributed by atoms with Crippen molar-refractivity contribution in [3.8, 4) is 0 Å². The van der Waals surface area contributed by atoms with E-state index in [1.807, 2.05) is 13.8 Å². The fraction of sp³-hybridized carbons (Fsp3) is 0.875. The normalized spacial score (nSPS) is 28.8. The van der Waals surface area contributed by atoms with Crippen molar-refractivity contribution in [3.63, 3.8) is 0 Å². The fourth-order valence-corrected chi connectivity index (χ4v) is 3.03. The monoisotopic (exact) mass is 386 g/mol. The number of methoxy groups -OCH3 is 2. The molecule has 0 aliphatic carbocycles. The standard InChI is InChI=1S/2C8H15NO2.2ClH/c2*1-6-7(8(10)11-2)4-3-5-9-6;;/h2*6-7,9H,3-5H2,1-2H3;2*1H/t2*6-,7-;;/m10../s1. The van der Waals surface area contributed by atoms with E-state index < -0.39 is 0 Å². The lowest BCUT2D eigenvalue weighted by molar-refractivity contribution is -0.148. The van der Waals surface area contributed by atoms with Crippen LogP contribution in [0.3, 0.4) is 0 Å². The molecule has 6 nitrogen and oxygen atoms in total. The third-order valence-electron chi connectivity index (χ3n) is 4.53. The minimum absolute atomic E-state index is 0. The van der Waals surface area contributed by atoms with Crippen molar-refractivity contribution in [3.05, 3.63) is 0 Å². The number of hydrogen-bond donors (Lipinski definition) is 2. The van der Waals surface area contributed by atoms with Gasteiger partial charge in [0, 0.05) is 12.1 Å². The number of rotatable bonds is 2. The zero-order valence-corrected chi connectivity index (χ0v) is 16.6. The van der Waals surface area contributed by atoms with E-state index in [4.69, 9.17) is 0 Å². The van der Waals surface area contributed by atoms with Crippen LogP contribution in [0.15, 0.2) is 0 Å². The first kappa shape index (κ1) is 25.7. The van der Waals surface area contributed by atoms with Crippen molar-refractivity contribution in [2.24, 2.45) is 11.8 Å². The smallest absolute Gasteiger partial charge is 0.310 e. The molecule has 2 N–H and O–H groups in total. The Hall–Kier alpha value is -0.560. The minimum Gasteiger partial charge on any atom is -0.469 e. The van der Waals surface area contributed by atoms with Gasteiger partial charge in [-0.2, -0.15) is 0 Å². The molecule has 0 spiro atoms. The van der Waals surface area contributed by atoms with E-state index in [1.54, 1.807) is 0 Å². The van der Waals surface area contributed by atoms with Crippen LogP contribution in [0.2, 0.25) is 0 Å². The Morgan fingerprint density at radius 1 is 0.792 bits per heavy atom. The third-order valence-corrected chi connectivity index (χ3v) is 4.53. The minimum atomic E-state index is -0.0790. The van der Waals surface area contributed by atoms with E-state index in [-0.39, 0.29) is 60.7 Å². The van der Waals surface area contributed by atoms with Gasteiger partial charge in [0.05, 0.1) is 26.1 Å². The molecule has 2 fully saturated rings. The second-order valence-corrected chi connectivity index (χ2v) is 6.03. The van der Waals surface area contributed by atoms with E-state index in [0.717, 1.165) is 38.8 Å². The predicted octanol–water partition coefficient (Wildman–Crippen LogP) is 1.94. The number of ether oxygens (including phenoxy) is 2. The topological polar surface area (TPSA) is 76.7 Å². The van der Waals surface area contributed by atoms with Gasteiger partial charge in [-0.05, 0) is 52.6 Å². The highest BCUT2D eigenvalue weighted by Gasteiger charge is 2.28. The van der Waals surface area contributed by atoms with E-state index in [2.05, 4.69) is 20.1 Å². The van der Waals surface area contributed by atoms with E-state index in [0.29, 0.717) is 0 Å². The lowest BCUT2D eigenvalue weighted by Gasteiger charge is -2.27. The van der Waals surface area contributed by atoms with Crippen molar-refractivity contribution in [1.82, 2.24) is 10.6 Å². The lowest BCUT2D eigenvalue weighted by Crippen LogP contribution is -2.43. The van der Waals surface area contributed by atoms with Gasteiger partial charge in [-0.25, -0.2) is 0 Å². The van der Waals surface area contributed by atoms with Crippen LogP contribution in [0.1, 0.15) is 39.5 Å². The van der Waals surface area contributed by atoms with Crippen molar-refractivity contribution in [1.29, 1.82) is 0 Å². The molecule has 2 aliphatic rings. The summed E-state index contributed by atoms with van der Waals surface area (Å²) < 4.78 is 9.36. The van der Waals surface area contributed by atoms with Gasteiger partial charge < -0.3 is 20.1 Å². The Morgan fingerprint density at radius 2 is 1.12 bits per heavy atom. The van der Waals surface area contributed by atoms with Crippen LogP contribution >= 0.6 is 24.8 Å². The Morgan fingerprint density at radius 3 is 1.38 bits per heavy atom.